The van der Waals surface area contributed by atoms with Gasteiger partial charge in [0, 0.05) is 58.5 Å². The Morgan fingerprint density at radius 2 is 1.97 bits per heavy atom. The Labute approximate surface area is 178 Å². The fourth-order valence-corrected chi connectivity index (χ4v) is 5.41. The standard InChI is InChI=1S/C20H33N5O4S/c1-5-14(6-2)20(27)24-10-7-8-15(12-24)18-21-17-9-11-25(30(28,29)23(3)4)13-16(17)19(26)22-18/h14-15H,5-13H2,1-4H3,(H,21,22,26)/t15-/m0/s1. The second-order valence-corrected chi connectivity index (χ2v) is 10.5. The molecule has 0 bridgehead atoms. The lowest BCUT2D eigenvalue weighted by atomic mass is 9.94. The average molecular weight is 440 g/mol. The smallest absolute Gasteiger partial charge is 0.281 e. The van der Waals surface area contributed by atoms with E-state index in [9.17, 15) is 18.0 Å². The largest absolute Gasteiger partial charge is 0.342 e. The SMILES string of the molecule is CCC(CC)C(=O)N1CCC[C@H](c2nc3c(c(=O)[nH]2)CN(S(=O)(=O)N(C)C)CC3)C1. The zero-order valence-electron chi connectivity index (χ0n) is 18.3. The van der Waals surface area contributed by atoms with Gasteiger partial charge in [0.25, 0.3) is 15.8 Å². The summed E-state index contributed by atoms with van der Waals surface area (Å²) in [4.78, 5) is 35.1. The van der Waals surface area contributed by atoms with E-state index in [2.05, 4.69) is 4.98 Å². The quantitative estimate of drug-likeness (QED) is 0.714. The molecule has 3 rings (SSSR count). The van der Waals surface area contributed by atoms with Gasteiger partial charge >= 0.3 is 0 Å². The molecule has 2 aliphatic rings. The van der Waals surface area contributed by atoms with Crippen LogP contribution in [0.5, 0.6) is 0 Å². The number of amides is 1. The van der Waals surface area contributed by atoms with Crippen LogP contribution in [0.15, 0.2) is 4.79 Å². The number of likely N-dealkylation sites (tertiary alicyclic amines) is 1. The molecule has 1 N–H and O–H groups in total. The van der Waals surface area contributed by atoms with Crippen LogP contribution in [0.3, 0.4) is 0 Å². The lowest BCUT2D eigenvalue weighted by Gasteiger charge is -2.35. The molecule has 0 aliphatic carbocycles. The van der Waals surface area contributed by atoms with E-state index in [1.165, 1.54) is 18.4 Å². The molecule has 0 unspecified atom stereocenters. The maximum Gasteiger partial charge on any atom is 0.281 e. The molecule has 30 heavy (non-hydrogen) atoms. The summed E-state index contributed by atoms with van der Waals surface area (Å²) in [5.41, 5.74) is 0.802. The normalized spacial score (nSPS) is 20.6. The average Bonchev–Trinajstić information content (AvgIpc) is 2.74. The topological polar surface area (TPSA) is 107 Å². The van der Waals surface area contributed by atoms with Gasteiger partial charge in [-0.05, 0) is 25.7 Å². The van der Waals surface area contributed by atoms with Gasteiger partial charge < -0.3 is 9.88 Å². The molecule has 0 saturated carbocycles. The highest BCUT2D eigenvalue weighted by molar-refractivity contribution is 7.86. The number of piperidine rings is 1. The molecule has 0 aromatic carbocycles. The van der Waals surface area contributed by atoms with Crippen LogP contribution in [0, 0.1) is 5.92 Å². The number of carbonyl (C=O) groups excluding carboxylic acids is 1. The summed E-state index contributed by atoms with van der Waals surface area (Å²) in [5.74, 6) is 0.849. The van der Waals surface area contributed by atoms with Crippen molar-refractivity contribution in [3.05, 3.63) is 27.4 Å². The lowest BCUT2D eigenvalue weighted by molar-refractivity contribution is -0.137. The highest BCUT2D eigenvalue weighted by Crippen LogP contribution is 2.27. The number of fused-ring (bicyclic) bond motifs is 1. The van der Waals surface area contributed by atoms with E-state index < -0.39 is 10.2 Å². The van der Waals surface area contributed by atoms with Gasteiger partial charge in [-0.1, -0.05) is 13.8 Å². The van der Waals surface area contributed by atoms with Crippen LogP contribution in [0.25, 0.3) is 0 Å². The van der Waals surface area contributed by atoms with E-state index in [4.69, 9.17) is 4.98 Å². The molecule has 1 saturated heterocycles. The van der Waals surface area contributed by atoms with E-state index in [1.54, 1.807) is 0 Å². The third kappa shape index (κ3) is 4.45. The predicted molar refractivity (Wildman–Crippen MR) is 114 cm³/mol. The van der Waals surface area contributed by atoms with Crippen molar-refractivity contribution in [3.8, 4) is 0 Å². The zero-order valence-corrected chi connectivity index (χ0v) is 19.2. The molecule has 0 radical (unpaired) electrons. The molecule has 10 heteroatoms. The number of nitrogens with one attached hydrogen (secondary N) is 1. The van der Waals surface area contributed by atoms with Crippen molar-refractivity contribution in [1.29, 1.82) is 0 Å². The summed E-state index contributed by atoms with van der Waals surface area (Å²) >= 11 is 0. The summed E-state index contributed by atoms with van der Waals surface area (Å²) in [6.45, 7) is 5.72. The first-order valence-corrected chi connectivity index (χ1v) is 12.2. The van der Waals surface area contributed by atoms with Gasteiger partial charge in [-0.3, -0.25) is 9.59 Å². The van der Waals surface area contributed by atoms with Crippen LogP contribution < -0.4 is 5.56 Å². The molecule has 9 nitrogen and oxygen atoms in total. The van der Waals surface area contributed by atoms with Crippen molar-refractivity contribution in [2.75, 3.05) is 33.7 Å². The first kappa shape index (κ1) is 22.9. The molecule has 1 fully saturated rings. The summed E-state index contributed by atoms with van der Waals surface area (Å²) < 4.78 is 27.3. The Morgan fingerprint density at radius 3 is 2.60 bits per heavy atom. The number of aromatic nitrogens is 2. The number of hydrogen-bond donors (Lipinski definition) is 1. The summed E-state index contributed by atoms with van der Waals surface area (Å²) in [5, 5.41) is 0. The highest BCUT2D eigenvalue weighted by Gasteiger charge is 2.33. The van der Waals surface area contributed by atoms with E-state index in [1.807, 2.05) is 18.7 Å². The number of aromatic amines is 1. The minimum absolute atomic E-state index is 0.00130. The Bertz CT molecular complexity index is 939. The van der Waals surface area contributed by atoms with Crippen molar-refractivity contribution in [2.45, 2.75) is 58.4 Å². The van der Waals surface area contributed by atoms with Crippen molar-refractivity contribution >= 4 is 16.1 Å². The van der Waals surface area contributed by atoms with Crippen molar-refractivity contribution in [1.82, 2.24) is 23.5 Å². The van der Waals surface area contributed by atoms with Gasteiger partial charge in [-0.2, -0.15) is 17.0 Å². The summed E-state index contributed by atoms with van der Waals surface area (Å²) in [7, 11) is -0.618. The number of H-pyrrole nitrogens is 1. The molecule has 1 aromatic rings. The van der Waals surface area contributed by atoms with Crippen LogP contribution in [-0.2, 0) is 28.0 Å². The first-order valence-electron chi connectivity index (χ1n) is 10.8. The fraction of sp³-hybridized carbons (Fsp3) is 0.750. The second-order valence-electron chi connectivity index (χ2n) is 8.39. The third-order valence-electron chi connectivity index (χ3n) is 6.29. The minimum atomic E-state index is -3.58. The molecular weight excluding hydrogens is 406 g/mol. The number of rotatable bonds is 6. The van der Waals surface area contributed by atoms with Crippen LogP contribution in [0.2, 0.25) is 0 Å². The van der Waals surface area contributed by atoms with E-state index in [0.717, 1.165) is 36.5 Å². The molecule has 3 heterocycles. The van der Waals surface area contributed by atoms with Gasteiger partial charge in [0.15, 0.2) is 0 Å². The second kappa shape index (κ2) is 9.15. The highest BCUT2D eigenvalue weighted by atomic mass is 32.2. The van der Waals surface area contributed by atoms with Crippen molar-refractivity contribution in [2.24, 2.45) is 5.92 Å². The number of hydrogen-bond acceptors (Lipinski definition) is 5. The Kier molecular flexibility index (Phi) is 6.98. The van der Waals surface area contributed by atoms with Gasteiger partial charge in [0.1, 0.15) is 5.82 Å². The zero-order chi connectivity index (χ0) is 22.1. The fourth-order valence-electron chi connectivity index (χ4n) is 4.34. The Balaban J connectivity index is 1.80. The Morgan fingerprint density at radius 1 is 1.27 bits per heavy atom. The van der Waals surface area contributed by atoms with Crippen LogP contribution in [0.1, 0.15) is 62.5 Å². The van der Waals surface area contributed by atoms with Crippen LogP contribution in [0.4, 0.5) is 0 Å². The molecule has 0 spiro atoms. The van der Waals surface area contributed by atoms with Crippen LogP contribution in [-0.4, -0.2) is 71.5 Å². The molecular formula is C20H33N5O4S. The monoisotopic (exact) mass is 439 g/mol. The third-order valence-corrected chi connectivity index (χ3v) is 8.18. The molecule has 2 aliphatic heterocycles. The number of nitrogens with zero attached hydrogens (tertiary/aromatic N) is 4. The van der Waals surface area contributed by atoms with Crippen molar-refractivity contribution < 1.29 is 13.2 Å². The maximum atomic E-state index is 12.8. The number of carbonyl (C=O) groups is 1. The Hall–Kier alpha value is -1.78. The van der Waals surface area contributed by atoms with E-state index in [-0.39, 0.29) is 29.8 Å². The van der Waals surface area contributed by atoms with Gasteiger partial charge in [0.05, 0.1) is 11.3 Å². The van der Waals surface area contributed by atoms with Gasteiger partial charge in [0.2, 0.25) is 5.91 Å². The first-order chi connectivity index (χ1) is 14.2. The van der Waals surface area contributed by atoms with E-state index in [0.29, 0.717) is 36.6 Å². The summed E-state index contributed by atoms with van der Waals surface area (Å²) in [6.07, 6.45) is 3.82. The maximum absolute atomic E-state index is 12.8. The molecule has 168 valence electrons. The predicted octanol–water partition coefficient (Wildman–Crippen LogP) is 1.08. The van der Waals surface area contributed by atoms with Crippen molar-refractivity contribution in [3.63, 3.8) is 0 Å². The van der Waals surface area contributed by atoms with Gasteiger partial charge in [-0.25, -0.2) is 4.98 Å². The lowest BCUT2D eigenvalue weighted by Crippen LogP contribution is -2.45. The van der Waals surface area contributed by atoms with E-state index >= 15 is 0 Å². The molecule has 1 atom stereocenters. The summed E-state index contributed by atoms with van der Waals surface area (Å²) in [6, 6.07) is 0. The molecule has 1 amide bonds. The minimum Gasteiger partial charge on any atom is -0.342 e. The van der Waals surface area contributed by atoms with Crippen LogP contribution >= 0.6 is 0 Å². The molecule has 1 aromatic heterocycles. The van der Waals surface area contributed by atoms with Gasteiger partial charge in [-0.15, -0.1) is 0 Å².